The minimum atomic E-state index is -0.122. The first kappa shape index (κ1) is 23.5. The van der Waals surface area contributed by atoms with Crippen molar-refractivity contribution in [2.75, 3.05) is 41.1 Å². The lowest BCUT2D eigenvalue weighted by Crippen LogP contribution is -2.37. The molecule has 1 aliphatic rings. The van der Waals surface area contributed by atoms with Crippen molar-refractivity contribution in [1.82, 2.24) is 4.90 Å². The number of carbonyl (C=O) groups excluding carboxylic acids is 1. The Labute approximate surface area is 189 Å². The van der Waals surface area contributed by atoms with Gasteiger partial charge in [-0.1, -0.05) is 18.7 Å². The van der Waals surface area contributed by atoms with Gasteiger partial charge < -0.3 is 28.6 Å². The Morgan fingerprint density at radius 1 is 1.09 bits per heavy atom. The van der Waals surface area contributed by atoms with Crippen LogP contribution in [0, 0.1) is 0 Å². The molecule has 1 atom stereocenters. The molecule has 2 aromatic rings. The first-order valence-corrected chi connectivity index (χ1v) is 10.6. The third kappa shape index (κ3) is 5.95. The van der Waals surface area contributed by atoms with Crippen molar-refractivity contribution in [1.29, 1.82) is 0 Å². The maximum absolute atomic E-state index is 13.5. The Morgan fingerprint density at radius 3 is 2.44 bits per heavy atom. The number of hydrogen-bond donors (Lipinski definition) is 0. The average Bonchev–Trinajstić information content (AvgIpc) is 3.34. The summed E-state index contributed by atoms with van der Waals surface area (Å²) in [5, 5.41) is 0. The van der Waals surface area contributed by atoms with E-state index in [0.29, 0.717) is 48.3 Å². The van der Waals surface area contributed by atoms with E-state index in [-0.39, 0.29) is 12.0 Å². The van der Waals surface area contributed by atoms with Crippen LogP contribution in [0.2, 0.25) is 0 Å². The molecule has 0 spiro atoms. The van der Waals surface area contributed by atoms with Gasteiger partial charge >= 0.3 is 0 Å². The van der Waals surface area contributed by atoms with E-state index in [1.807, 2.05) is 18.2 Å². The van der Waals surface area contributed by atoms with E-state index in [1.165, 1.54) is 0 Å². The molecule has 0 aliphatic carbocycles. The Hall–Kier alpha value is -3.19. The normalized spacial score (nSPS) is 15.2. The summed E-state index contributed by atoms with van der Waals surface area (Å²) in [4.78, 5) is 15.3. The third-order valence-electron chi connectivity index (χ3n) is 5.29. The molecule has 3 rings (SSSR count). The molecule has 0 aromatic heterocycles. The van der Waals surface area contributed by atoms with Crippen LogP contribution in [0.15, 0.2) is 49.1 Å². The number of nitrogens with zero attached hydrogens (tertiary/aromatic N) is 1. The highest BCUT2D eigenvalue weighted by Gasteiger charge is 2.25. The number of rotatable bonds is 11. The average molecular weight is 442 g/mol. The van der Waals surface area contributed by atoms with Crippen LogP contribution >= 0.6 is 0 Å². The lowest BCUT2D eigenvalue weighted by molar-refractivity contribution is 0.0506. The SMILES string of the molecule is C=CCOc1ccc(CN(CC2CCCO2)C(=O)c2cc(OC)cc(OC)c2)cc1OC. The van der Waals surface area contributed by atoms with Crippen LogP contribution in [0.1, 0.15) is 28.8 Å². The van der Waals surface area contributed by atoms with Gasteiger partial charge in [-0.2, -0.15) is 0 Å². The van der Waals surface area contributed by atoms with Crippen LogP contribution in [-0.2, 0) is 11.3 Å². The van der Waals surface area contributed by atoms with Crippen molar-refractivity contribution < 1.29 is 28.5 Å². The quantitative estimate of drug-likeness (QED) is 0.489. The Kier molecular flexibility index (Phi) is 8.39. The van der Waals surface area contributed by atoms with Crippen molar-refractivity contribution in [3.63, 3.8) is 0 Å². The van der Waals surface area contributed by atoms with Crippen LogP contribution in [-0.4, -0.2) is 58.0 Å². The van der Waals surface area contributed by atoms with Crippen molar-refractivity contribution in [2.24, 2.45) is 0 Å². The molecule has 0 radical (unpaired) electrons. The highest BCUT2D eigenvalue weighted by molar-refractivity contribution is 5.95. The fourth-order valence-electron chi connectivity index (χ4n) is 3.67. The van der Waals surface area contributed by atoms with Crippen molar-refractivity contribution in [3.8, 4) is 23.0 Å². The maximum atomic E-state index is 13.5. The number of carbonyl (C=O) groups is 1. The number of benzene rings is 2. The molecule has 172 valence electrons. The summed E-state index contributed by atoms with van der Waals surface area (Å²) in [7, 11) is 4.72. The van der Waals surface area contributed by atoms with Gasteiger partial charge in [0.1, 0.15) is 18.1 Å². The number of hydrogen-bond acceptors (Lipinski definition) is 6. The van der Waals surface area contributed by atoms with E-state index < -0.39 is 0 Å². The van der Waals surface area contributed by atoms with Crippen LogP contribution < -0.4 is 18.9 Å². The summed E-state index contributed by atoms with van der Waals surface area (Å²) in [5.41, 5.74) is 1.42. The molecule has 7 heteroatoms. The molecular formula is C25H31NO6. The molecule has 0 saturated carbocycles. The van der Waals surface area contributed by atoms with Gasteiger partial charge in [0, 0.05) is 31.3 Å². The predicted octanol–water partition coefficient (Wildman–Crippen LogP) is 4.10. The largest absolute Gasteiger partial charge is 0.497 e. The maximum Gasteiger partial charge on any atom is 0.254 e. The molecule has 1 fully saturated rings. The van der Waals surface area contributed by atoms with Crippen LogP contribution in [0.25, 0.3) is 0 Å². The van der Waals surface area contributed by atoms with Crippen LogP contribution in [0.3, 0.4) is 0 Å². The minimum absolute atomic E-state index is 0.0172. The van der Waals surface area contributed by atoms with Gasteiger partial charge in [0.05, 0.1) is 27.4 Å². The molecule has 32 heavy (non-hydrogen) atoms. The van der Waals surface area contributed by atoms with Crippen molar-refractivity contribution in [3.05, 3.63) is 60.2 Å². The van der Waals surface area contributed by atoms with E-state index >= 15 is 0 Å². The minimum Gasteiger partial charge on any atom is -0.497 e. The molecule has 1 amide bonds. The summed E-state index contributed by atoms with van der Waals surface area (Å²) in [6.45, 7) is 5.68. The monoisotopic (exact) mass is 441 g/mol. The molecule has 1 aliphatic heterocycles. The summed E-state index contributed by atoms with van der Waals surface area (Å²) in [6, 6.07) is 10.9. The van der Waals surface area contributed by atoms with Gasteiger partial charge in [0.25, 0.3) is 5.91 Å². The van der Waals surface area contributed by atoms with Gasteiger partial charge in [-0.3, -0.25) is 4.79 Å². The summed E-state index contributed by atoms with van der Waals surface area (Å²) >= 11 is 0. The summed E-state index contributed by atoms with van der Waals surface area (Å²) < 4.78 is 27.6. The van der Waals surface area contributed by atoms with Gasteiger partial charge in [0.15, 0.2) is 11.5 Å². The molecule has 1 unspecified atom stereocenters. The number of methoxy groups -OCH3 is 3. The second-order valence-corrected chi connectivity index (χ2v) is 7.51. The first-order valence-electron chi connectivity index (χ1n) is 10.6. The lowest BCUT2D eigenvalue weighted by atomic mass is 10.1. The van der Waals surface area contributed by atoms with Gasteiger partial charge in [-0.05, 0) is 42.7 Å². The lowest BCUT2D eigenvalue weighted by Gasteiger charge is -2.26. The van der Waals surface area contributed by atoms with E-state index in [4.69, 9.17) is 23.7 Å². The molecule has 0 bridgehead atoms. The van der Waals surface area contributed by atoms with Gasteiger partial charge in [-0.25, -0.2) is 0 Å². The molecule has 1 saturated heterocycles. The van der Waals surface area contributed by atoms with E-state index in [2.05, 4.69) is 6.58 Å². The smallest absolute Gasteiger partial charge is 0.254 e. The van der Waals surface area contributed by atoms with E-state index in [9.17, 15) is 4.79 Å². The zero-order valence-corrected chi connectivity index (χ0v) is 19.0. The van der Waals surface area contributed by atoms with E-state index in [0.717, 1.165) is 25.0 Å². The Balaban J connectivity index is 1.87. The van der Waals surface area contributed by atoms with Crippen molar-refractivity contribution in [2.45, 2.75) is 25.5 Å². The zero-order chi connectivity index (χ0) is 22.9. The summed E-state index contributed by atoms with van der Waals surface area (Å²) in [5.74, 6) is 2.25. The predicted molar refractivity (Wildman–Crippen MR) is 122 cm³/mol. The van der Waals surface area contributed by atoms with E-state index in [1.54, 1.807) is 50.5 Å². The highest BCUT2D eigenvalue weighted by atomic mass is 16.5. The van der Waals surface area contributed by atoms with Crippen LogP contribution in [0.4, 0.5) is 0 Å². The van der Waals surface area contributed by atoms with Crippen LogP contribution in [0.5, 0.6) is 23.0 Å². The molecule has 0 N–H and O–H groups in total. The highest BCUT2D eigenvalue weighted by Crippen LogP contribution is 2.30. The number of ether oxygens (including phenoxy) is 5. The third-order valence-corrected chi connectivity index (χ3v) is 5.29. The second kappa shape index (κ2) is 11.4. The zero-order valence-electron chi connectivity index (χ0n) is 19.0. The molecular weight excluding hydrogens is 410 g/mol. The fraction of sp³-hybridized carbons (Fsp3) is 0.400. The summed E-state index contributed by atoms with van der Waals surface area (Å²) in [6.07, 6.45) is 3.63. The second-order valence-electron chi connectivity index (χ2n) is 7.51. The molecule has 1 heterocycles. The Bertz CT molecular complexity index is 900. The van der Waals surface area contributed by atoms with Gasteiger partial charge in [-0.15, -0.1) is 0 Å². The fourth-order valence-corrected chi connectivity index (χ4v) is 3.67. The molecule has 7 nitrogen and oxygen atoms in total. The molecule has 2 aromatic carbocycles. The standard InChI is InChI=1S/C25H31NO6/c1-5-10-32-23-9-8-18(12-24(23)30-4)16-26(17-20-7-6-11-31-20)25(27)19-13-21(28-2)15-22(14-19)29-3/h5,8-9,12-15,20H,1,6-7,10-11,16-17H2,2-4H3. The first-order chi connectivity index (χ1) is 15.6. The van der Waals surface area contributed by atoms with Gasteiger partial charge in [0.2, 0.25) is 0 Å². The Morgan fingerprint density at radius 2 is 1.84 bits per heavy atom. The topological polar surface area (TPSA) is 66.5 Å². The number of amides is 1. The van der Waals surface area contributed by atoms with Crippen molar-refractivity contribution >= 4 is 5.91 Å².